The van der Waals surface area contributed by atoms with Crippen molar-refractivity contribution in [3.8, 4) is 0 Å². The van der Waals surface area contributed by atoms with E-state index in [9.17, 15) is 8.78 Å². The van der Waals surface area contributed by atoms with E-state index in [1.165, 1.54) is 24.0 Å². The highest BCUT2D eigenvalue weighted by atomic mass is 19.1. The summed E-state index contributed by atoms with van der Waals surface area (Å²) < 4.78 is 26.9. The first-order valence-corrected chi connectivity index (χ1v) is 9.23. The van der Waals surface area contributed by atoms with E-state index in [1.54, 1.807) is 6.07 Å². The molecular weight excluding hydrogens is 360 g/mol. The number of hydrogen-bond acceptors (Lipinski definition) is 5. The third-order valence-electron chi connectivity index (χ3n) is 4.79. The molecule has 0 saturated carbocycles. The van der Waals surface area contributed by atoms with Crippen LogP contribution in [-0.2, 0) is 6.54 Å². The standard InChI is InChI=1S/C21H21F2N5/c22-17-6-7-19(18(23)12-17)26-20-13-21(25-15-24-20)28-10-8-27(9-11-28)14-16-4-2-1-3-5-16/h1-7,12-13,15H,8-11,14H2,(H,24,25,26). The van der Waals surface area contributed by atoms with E-state index in [-0.39, 0.29) is 5.69 Å². The van der Waals surface area contributed by atoms with Crippen LogP contribution in [0, 0.1) is 11.6 Å². The predicted octanol–water partition coefficient (Wildman–Crippen LogP) is 3.82. The molecule has 2 aromatic carbocycles. The van der Waals surface area contributed by atoms with Crippen molar-refractivity contribution >= 4 is 17.3 Å². The van der Waals surface area contributed by atoms with E-state index in [0.717, 1.165) is 44.6 Å². The fourth-order valence-corrected chi connectivity index (χ4v) is 3.29. The van der Waals surface area contributed by atoms with E-state index < -0.39 is 11.6 Å². The molecule has 1 N–H and O–H groups in total. The quantitative estimate of drug-likeness (QED) is 0.728. The molecule has 5 nitrogen and oxygen atoms in total. The second-order valence-corrected chi connectivity index (χ2v) is 6.76. The van der Waals surface area contributed by atoms with Gasteiger partial charge in [-0.25, -0.2) is 18.7 Å². The number of hydrogen-bond donors (Lipinski definition) is 1. The summed E-state index contributed by atoms with van der Waals surface area (Å²) in [5.74, 6) is -0.00362. The van der Waals surface area contributed by atoms with Crippen LogP contribution in [0.1, 0.15) is 5.56 Å². The summed E-state index contributed by atoms with van der Waals surface area (Å²) in [5.41, 5.74) is 1.49. The van der Waals surface area contributed by atoms with Crippen LogP contribution >= 0.6 is 0 Å². The smallest absolute Gasteiger partial charge is 0.149 e. The average Bonchev–Trinajstić information content (AvgIpc) is 2.72. The summed E-state index contributed by atoms with van der Waals surface area (Å²) in [6, 6.07) is 15.6. The zero-order valence-electron chi connectivity index (χ0n) is 15.4. The normalized spacial score (nSPS) is 14.9. The Morgan fingerprint density at radius 1 is 0.893 bits per heavy atom. The molecule has 0 spiro atoms. The second-order valence-electron chi connectivity index (χ2n) is 6.76. The molecule has 4 rings (SSSR count). The van der Waals surface area contributed by atoms with Gasteiger partial charge in [-0.3, -0.25) is 4.90 Å². The molecule has 28 heavy (non-hydrogen) atoms. The van der Waals surface area contributed by atoms with Crippen molar-refractivity contribution in [1.29, 1.82) is 0 Å². The number of aromatic nitrogens is 2. The average molecular weight is 381 g/mol. The molecule has 0 unspecified atom stereocenters. The number of piperazine rings is 1. The van der Waals surface area contributed by atoms with Crippen LogP contribution in [0.5, 0.6) is 0 Å². The monoisotopic (exact) mass is 381 g/mol. The fraction of sp³-hybridized carbons (Fsp3) is 0.238. The number of anilines is 3. The third-order valence-corrected chi connectivity index (χ3v) is 4.79. The molecule has 3 aromatic rings. The maximum Gasteiger partial charge on any atom is 0.149 e. The Morgan fingerprint density at radius 2 is 1.68 bits per heavy atom. The summed E-state index contributed by atoms with van der Waals surface area (Å²) in [6.07, 6.45) is 1.45. The maximum atomic E-state index is 13.9. The van der Waals surface area contributed by atoms with Crippen molar-refractivity contribution in [2.75, 3.05) is 36.4 Å². The number of rotatable bonds is 5. The zero-order valence-corrected chi connectivity index (χ0v) is 15.4. The minimum atomic E-state index is -0.658. The van der Waals surface area contributed by atoms with Gasteiger partial charge in [-0.1, -0.05) is 30.3 Å². The molecule has 1 aromatic heterocycles. The molecular formula is C21H21F2N5. The Hall–Kier alpha value is -3.06. The summed E-state index contributed by atoms with van der Waals surface area (Å²) in [6.45, 7) is 4.53. The summed E-state index contributed by atoms with van der Waals surface area (Å²) >= 11 is 0. The number of benzene rings is 2. The first kappa shape index (κ1) is 18.3. The minimum absolute atomic E-state index is 0.179. The summed E-state index contributed by atoms with van der Waals surface area (Å²) in [7, 11) is 0. The maximum absolute atomic E-state index is 13.9. The van der Waals surface area contributed by atoms with Gasteiger partial charge in [0, 0.05) is 44.9 Å². The molecule has 0 aliphatic carbocycles. The van der Waals surface area contributed by atoms with Crippen molar-refractivity contribution in [1.82, 2.24) is 14.9 Å². The molecule has 7 heteroatoms. The lowest BCUT2D eigenvalue weighted by Crippen LogP contribution is -2.46. The highest BCUT2D eigenvalue weighted by Gasteiger charge is 2.18. The molecule has 1 aliphatic heterocycles. The largest absolute Gasteiger partial charge is 0.354 e. The van der Waals surface area contributed by atoms with Crippen LogP contribution in [0.15, 0.2) is 60.9 Å². The Morgan fingerprint density at radius 3 is 2.43 bits per heavy atom. The first-order valence-electron chi connectivity index (χ1n) is 9.23. The fourth-order valence-electron chi connectivity index (χ4n) is 3.29. The second kappa shape index (κ2) is 8.31. The van der Waals surface area contributed by atoms with E-state index in [2.05, 4.69) is 49.4 Å². The van der Waals surface area contributed by atoms with Crippen LogP contribution in [-0.4, -0.2) is 41.0 Å². The lowest BCUT2D eigenvalue weighted by molar-refractivity contribution is 0.249. The van der Waals surface area contributed by atoms with Gasteiger partial charge >= 0.3 is 0 Å². The van der Waals surface area contributed by atoms with Crippen molar-refractivity contribution in [2.24, 2.45) is 0 Å². The molecule has 144 valence electrons. The van der Waals surface area contributed by atoms with Crippen molar-refractivity contribution in [2.45, 2.75) is 6.54 Å². The topological polar surface area (TPSA) is 44.3 Å². The van der Waals surface area contributed by atoms with Gasteiger partial charge in [0.15, 0.2) is 0 Å². The van der Waals surface area contributed by atoms with Crippen molar-refractivity contribution in [3.63, 3.8) is 0 Å². The van der Waals surface area contributed by atoms with Crippen molar-refractivity contribution in [3.05, 3.63) is 78.1 Å². The highest BCUT2D eigenvalue weighted by Crippen LogP contribution is 2.22. The number of nitrogens with one attached hydrogen (secondary N) is 1. The molecule has 1 fully saturated rings. The third kappa shape index (κ3) is 4.43. The van der Waals surface area contributed by atoms with Gasteiger partial charge in [-0.15, -0.1) is 0 Å². The molecule has 0 radical (unpaired) electrons. The molecule has 2 heterocycles. The lowest BCUT2D eigenvalue weighted by atomic mass is 10.2. The van der Waals surface area contributed by atoms with Crippen LogP contribution in [0.25, 0.3) is 0 Å². The van der Waals surface area contributed by atoms with Gasteiger partial charge < -0.3 is 10.2 Å². The zero-order chi connectivity index (χ0) is 19.3. The van der Waals surface area contributed by atoms with E-state index >= 15 is 0 Å². The number of nitrogens with zero attached hydrogens (tertiary/aromatic N) is 4. The summed E-state index contributed by atoms with van der Waals surface area (Å²) in [4.78, 5) is 13.1. The Labute approximate surface area is 162 Å². The van der Waals surface area contributed by atoms with E-state index in [1.807, 2.05) is 6.07 Å². The molecule has 0 bridgehead atoms. The lowest BCUT2D eigenvalue weighted by Gasteiger charge is -2.35. The van der Waals surface area contributed by atoms with Gasteiger partial charge in [0.25, 0.3) is 0 Å². The van der Waals surface area contributed by atoms with Gasteiger partial charge in [0.05, 0.1) is 5.69 Å². The van der Waals surface area contributed by atoms with Gasteiger partial charge in [0.2, 0.25) is 0 Å². The Bertz CT molecular complexity index is 927. The predicted molar refractivity (Wildman–Crippen MR) is 106 cm³/mol. The van der Waals surface area contributed by atoms with E-state index in [0.29, 0.717) is 5.82 Å². The van der Waals surface area contributed by atoms with E-state index in [4.69, 9.17) is 0 Å². The van der Waals surface area contributed by atoms with Crippen molar-refractivity contribution < 1.29 is 8.78 Å². The minimum Gasteiger partial charge on any atom is -0.354 e. The highest BCUT2D eigenvalue weighted by molar-refractivity contribution is 5.59. The van der Waals surface area contributed by atoms with Crippen LogP contribution in [0.2, 0.25) is 0 Å². The van der Waals surface area contributed by atoms with Crippen LogP contribution < -0.4 is 10.2 Å². The summed E-state index contributed by atoms with van der Waals surface area (Å²) in [5, 5.41) is 2.89. The molecule has 1 saturated heterocycles. The Balaban J connectivity index is 1.38. The molecule has 0 amide bonds. The van der Waals surface area contributed by atoms with Crippen LogP contribution in [0.4, 0.5) is 26.1 Å². The first-order chi connectivity index (χ1) is 13.7. The molecule has 0 atom stereocenters. The van der Waals surface area contributed by atoms with Gasteiger partial charge in [0.1, 0.15) is 29.6 Å². The van der Waals surface area contributed by atoms with Gasteiger partial charge in [-0.2, -0.15) is 0 Å². The SMILES string of the molecule is Fc1ccc(Nc2cc(N3CCN(Cc4ccccc4)CC3)ncn2)c(F)c1. The van der Waals surface area contributed by atoms with Gasteiger partial charge in [-0.05, 0) is 17.7 Å². The Kier molecular flexibility index (Phi) is 5.43. The van der Waals surface area contributed by atoms with Crippen LogP contribution in [0.3, 0.4) is 0 Å². The molecule has 1 aliphatic rings. The number of halogens is 2.